The van der Waals surface area contributed by atoms with Crippen molar-refractivity contribution >= 4 is 21.8 Å². The molecule has 6 heteroatoms. The zero-order valence-electron chi connectivity index (χ0n) is 13.2. The fraction of sp³-hybridized carbons (Fsp3) is 0.353. The molecule has 0 aliphatic carbocycles. The number of furan rings is 1. The fourth-order valence-electron chi connectivity index (χ4n) is 1.97. The summed E-state index contributed by atoms with van der Waals surface area (Å²) in [5.41, 5.74) is 0.920. The van der Waals surface area contributed by atoms with Crippen LogP contribution in [0.5, 0.6) is 11.5 Å². The Morgan fingerprint density at radius 1 is 1.26 bits per heavy atom. The van der Waals surface area contributed by atoms with Crippen LogP contribution in [0.1, 0.15) is 35.9 Å². The number of hydrogen-bond acceptors (Lipinski definition) is 4. The normalized spacial score (nSPS) is 10.4. The molecule has 0 aliphatic rings. The van der Waals surface area contributed by atoms with E-state index >= 15 is 0 Å². The van der Waals surface area contributed by atoms with Crippen LogP contribution in [-0.4, -0.2) is 19.6 Å². The lowest BCUT2D eigenvalue weighted by atomic mass is 10.2. The van der Waals surface area contributed by atoms with Crippen LogP contribution in [0.25, 0.3) is 0 Å². The summed E-state index contributed by atoms with van der Waals surface area (Å²) in [6.07, 6.45) is 2.08. The van der Waals surface area contributed by atoms with Crippen LogP contribution >= 0.6 is 15.9 Å². The van der Waals surface area contributed by atoms with Gasteiger partial charge in [0, 0.05) is 6.54 Å². The highest BCUT2D eigenvalue weighted by Crippen LogP contribution is 2.28. The van der Waals surface area contributed by atoms with Crippen LogP contribution in [0.4, 0.5) is 0 Å². The molecule has 5 nitrogen and oxygen atoms in total. The van der Waals surface area contributed by atoms with Gasteiger partial charge in [-0.1, -0.05) is 19.4 Å². The lowest BCUT2D eigenvalue weighted by molar-refractivity contribution is 0.0922. The van der Waals surface area contributed by atoms with Gasteiger partial charge in [-0.05, 0) is 52.2 Å². The van der Waals surface area contributed by atoms with E-state index in [0.29, 0.717) is 29.3 Å². The Morgan fingerprint density at radius 2 is 2.09 bits per heavy atom. The van der Waals surface area contributed by atoms with Crippen molar-refractivity contribution in [3.8, 4) is 11.5 Å². The molecule has 0 fully saturated rings. The number of rotatable bonds is 8. The van der Waals surface area contributed by atoms with E-state index in [1.807, 2.05) is 18.2 Å². The van der Waals surface area contributed by atoms with E-state index in [1.54, 1.807) is 19.2 Å². The molecule has 1 aromatic heterocycles. The van der Waals surface area contributed by atoms with Crippen molar-refractivity contribution in [2.45, 2.75) is 26.3 Å². The minimum absolute atomic E-state index is 0.266. The first kappa shape index (κ1) is 17.4. The van der Waals surface area contributed by atoms with Gasteiger partial charge in [0.2, 0.25) is 0 Å². The second-order valence-corrected chi connectivity index (χ2v) is 5.76. The summed E-state index contributed by atoms with van der Waals surface area (Å²) in [4.78, 5) is 11.9. The van der Waals surface area contributed by atoms with Gasteiger partial charge in [-0.25, -0.2) is 0 Å². The second kappa shape index (κ2) is 8.62. The number of hydrogen-bond donors (Lipinski definition) is 1. The van der Waals surface area contributed by atoms with E-state index in [4.69, 9.17) is 13.9 Å². The highest BCUT2D eigenvalue weighted by molar-refractivity contribution is 9.10. The van der Waals surface area contributed by atoms with E-state index in [1.165, 1.54) is 0 Å². The van der Waals surface area contributed by atoms with Crippen LogP contribution in [0.15, 0.2) is 39.4 Å². The lowest BCUT2D eigenvalue weighted by Gasteiger charge is -2.12. The molecule has 0 atom stereocenters. The molecule has 0 unspecified atom stereocenters. The number of carbonyl (C=O) groups excluding carboxylic acids is 1. The van der Waals surface area contributed by atoms with E-state index in [0.717, 1.165) is 18.4 Å². The Balaban J connectivity index is 1.96. The number of halogens is 1. The Kier molecular flexibility index (Phi) is 6.52. The maximum absolute atomic E-state index is 11.9. The molecule has 1 amide bonds. The topological polar surface area (TPSA) is 60.7 Å². The maximum Gasteiger partial charge on any atom is 0.287 e. The highest BCUT2D eigenvalue weighted by Gasteiger charge is 2.11. The Morgan fingerprint density at radius 3 is 2.74 bits per heavy atom. The maximum atomic E-state index is 11.9. The average molecular weight is 382 g/mol. The molecular weight excluding hydrogens is 362 g/mol. The zero-order chi connectivity index (χ0) is 16.7. The van der Waals surface area contributed by atoms with Crippen molar-refractivity contribution in [3.05, 3.63) is 46.3 Å². The van der Waals surface area contributed by atoms with Crippen LogP contribution < -0.4 is 14.8 Å². The standard InChI is InChI=1S/C17H20BrNO4/c1-3-4-9-22-13-6-5-12(10-15(13)21-2)11-19-17(20)14-7-8-16(18)23-14/h5-8,10H,3-4,9,11H2,1-2H3,(H,19,20). The fourth-order valence-corrected chi connectivity index (χ4v) is 2.28. The quantitative estimate of drug-likeness (QED) is 0.697. The molecule has 0 saturated carbocycles. The molecule has 124 valence electrons. The molecule has 23 heavy (non-hydrogen) atoms. The molecule has 1 heterocycles. The van der Waals surface area contributed by atoms with Gasteiger partial charge in [0.05, 0.1) is 13.7 Å². The first-order valence-corrected chi connectivity index (χ1v) is 8.26. The summed E-state index contributed by atoms with van der Waals surface area (Å²) < 4.78 is 16.8. The lowest BCUT2D eigenvalue weighted by Crippen LogP contribution is -2.22. The SMILES string of the molecule is CCCCOc1ccc(CNC(=O)c2ccc(Br)o2)cc1OC. The number of carbonyl (C=O) groups is 1. The Bertz CT molecular complexity index is 654. The molecule has 2 aromatic rings. The van der Waals surface area contributed by atoms with Gasteiger partial charge < -0.3 is 19.2 Å². The number of amides is 1. The van der Waals surface area contributed by atoms with Gasteiger partial charge in [0.25, 0.3) is 5.91 Å². The van der Waals surface area contributed by atoms with Gasteiger partial charge in [-0.3, -0.25) is 4.79 Å². The summed E-state index contributed by atoms with van der Waals surface area (Å²) >= 11 is 3.17. The number of ether oxygens (including phenoxy) is 2. The zero-order valence-corrected chi connectivity index (χ0v) is 14.8. The third-order valence-corrected chi connectivity index (χ3v) is 3.66. The molecule has 1 aromatic carbocycles. The molecule has 2 rings (SSSR count). The minimum atomic E-state index is -0.266. The molecule has 1 N–H and O–H groups in total. The molecule has 0 spiro atoms. The number of unbranched alkanes of at least 4 members (excludes halogenated alkanes) is 1. The van der Waals surface area contributed by atoms with Crippen LogP contribution in [0, 0.1) is 0 Å². The van der Waals surface area contributed by atoms with Gasteiger partial charge in [0.15, 0.2) is 21.9 Å². The Labute approximate surface area is 144 Å². The third kappa shape index (κ3) is 5.03. The van der Waals surface area contributed by atoms with Crippen molar-refractivity contribution in [1.82, 2.24) is 5.32 Å². The summed E-state index contributed by atoms with van der Waals surface area (Å²) in [5, 5.41) is 2.80. The number of benzene rings is 1. The van der Waals surface area contributed by atoms with Crippen LogP contribution in [0.2, 0.25) is 0 Å². The second-order valence-electron chi connectivity index (χ2n) is 4.97. The largest absolute Gasteiger partial charge is 0.493 e. The summed E-state index contributed by atoms with van der Waals surface area (Å²) in [7, 11) is 1.60. The third-order valence-electron chi connectivity index (χ3n) is 3.23. The van der Waals surface area contributed by atoms with Crippen molar-refractivity contribution in [2.24, 2.45) is 0 Å². The average Bonchev–Trinajstić information content (AvgIpc) is 3.00. The van der Waals surface area contributed by atoms with Gasteiger partial charge in [-0.2, -0.15) is 0 Å². The Hall–Kier alpha value is -1.95. The van der Waals surface area contributed by atoms with Crippen LogP contribution in [-0.2, 0) is 6.54 Å². The van der Waals surface area contributed by atoms with Crippen LogP contribution in [0.3, 0.4) is 0 Å². The van der Waals surface area contributed by atoms with Gasteiger partial charge in [-0.15, -0.1) is 0 Å². The summed E-state index contributed by atoms with van der Waals surface area (Å²) in [6.45, 7) is 3.16. The number of methoxy groups -OCH3 is 1. The van der Waals surface area contributed by atoms with Crippen molar-refractivity contribution < 1.29 is 18.7 Å². The molecule has 0 aliphatic heterocycles. The molecule has 0 bridgehead atoms. The predicted octanol–water partition coefficient (Wildman–Crippen LogP) is 4.16. The van der Waals surface area contributed by atoms with Crippen molar-refractivity contribution in [1.29, 1.82) is 0 Å². The number of nitrogens with one attached hydrogen (secondary N) is 1. The van der Waals surface area contributed by atoms with Crippen molar-refractivity contribution in [3.63, 3.8) is 0 Å². The summed E-state index contributed by atoms with van der Waals surface area (Å²) in [6, 6.07) is 8.92. The molecule has 0 saturated heterocycles. The van der Waals surface area contributed by atoms with Crippen molar-refractivity contribution in [2.75, 3.05) is 13.7 Å². The molecule has 0 radical (unpaired) electrons. The van der Waals surface area contributed by atoms with E-state index in [2.05, 4.69) is 28.2 Å². The van der Waals surface area contributed by atoms with E-state index in [-0.39, 0.29) is 11.7 Å². The van der Waals surface area contributed by atoms with E-state index < -0.39 is 0 Å². The minimum Gasteiger partial charge on any atom is -0.493 e. The van der Waals surface area contributed by atoms with Gasteiger partial charge >= 0.3 is 0 Å². The first-order chi connectivity index (χ1) is 11.1. The van der Waals surface area contributed by atoms with E-state index in [9.17, 15) is 4.79 Å². The first-order valence-electron chi connectivity index (χ1n) is 7.47. The smallest absolute Gasteiger partial charge is 0.287 e. The van der Waals surface area contributed by atoms with Gasteiger partial charge in [0.1, 0.15) is 0 Å². The molecular formula is C17H20BrNO4. The highest BCUT2D eigenvalue weighted by atomic mass is 79.9. The predicted molar refractivity (Wildman–Crippen MR) is 91.0 cm³/mol. The summed E-state index contributed by atoms with van der Waals surface area (Å²) in [5.74, 6) is 1.38. The monoisotopic (exact) mass is 381 g/mol.